The zero-order valence-electron chi connectivity index (χ0n) is 3.44. The van der Waals surface area contributed by atoms with Crippen molar-refractivity contribution in [3.63, 3.8) is 0 Å². The molecule has 2 heteroatoms. The van der Waals surface area contributed by atoms with E-state index in [0.717, 1.165) is 13.0 Å². The van der Waals surface area contributed by atoms with Gasteiger partial charge in [-0.25, -0.2) is 6.61 Å². The summed E-state index contributed by atoms with van der Waals surface area (Å²) >= 11 is 0. The summed E-state index contributed by atoms with van der Waals surface area (Å²) < 4.78 is 0. The first kappa shape index (κ1) is 9.03. The second-order valence-corrected chi connectivity index (χ2v) is 0.591. The molecule has 0 radical (unpaired) electrons. The van der Waals surface area contributed by atoms with Crippen LogP contribution in [0.5, 0.6) is 0 Å². The van der Waals surface area contributed by atoms with Gasteiger partial charge in [-0.3, -0.25) is 0 Å². The third-order valence-corrected chi connectivity index (χ3v) is 0.183. The van der Waals surface area contributed by atoms with Gasteiger partial charge in [0.15, 0.2) is 0 Å². The van der Waals surface area contributed by atoms with E-state index in [1.807, 2.05) is 6.92 Å². The van der Waals surface area contributed by atoms with Crippen LogP contribution in [0.2, 0.25) is 0 Å². The molecule has 0 rings (SSSR count). The van der Waals surface area contributed by atoms with Crippen molar-refractivity contribution in [2.24, 2.45) is 0 Å². The van der Waals surface area contributed by atoms with Crippen LogP contribution < -0.4 is 0 Å². The molecular weight excluding hydrogens is 321 g/mol. The molecule has 0 amide bonds. The van der Waals surface area contributed by atoms with Crippen LogP contribution in [0.1, 0.15) is 13.3 Å². The largest absolute Gasteiger partial charge is 0.566 e. The van der Waals surface area contributed by atoms with Gasteiger partial charge >= 0.3 is 0 Å². The summed E-state index contributed by atoms with van der Waals surface area (Å²) in [5, 5.41) is 7.75. The smallest absolute Gasteiger partial charge is 0 e. The molecule has 0 spiro atoms. The molecule has 0 aliphatic heterocycles. The zero-order valence-corrected chi connectivity index (χ0v) is 9.91. The monoisotopic (exact) mass is 330 g/mol. The van der Waals surface area contributed by atoms with E-state index in [2.05, 4.69) is 0 Å². The third kappa shape index (κ3) is 1700. The Morgan fingerprint density at radius 3 is 2.00 bits per heavy atom. The molecule has 0 saturated heterocycles. The summed E-state index contributed by atoms with van der Waals surface area (Å²) in [7, 11) is 0. The first-order valence-corrected chi connectivity index (χ1v) is 1.37. The van der Waals surface area contributed by atoms with Crippen LogP contribution in [-0.2, 0) is 0 Å². The van der Waals surface area contributed by atoms with Gasteiger partial charge in [-0.1, -0.05) is 6.92 Å². The Hall–Kier alpha value is -1.04. The van der Waals surface area contributed by atoms with E-state index >= 15 is 0 Å². The third-order valence-electron chi connectivity index (χ3n) is 0.183. The fourth-order valence-electron chi connectivity index (χ4n) is 0. The normalized spacial score (nSPS) is 6.00. The molecule has 0 aliphatic rings. The van der Waals surface area contributed by atoms with Crippen LogP contribution in [0.3, 0.4) is 0 Å². The Balaban J connectivity index is 0. The van der Waals surface area contributed by atoms with Gasteiger partial charge in [0.1, 0.15) is 0 Å². The van der Waals surface area contributed by atoms with Gasteiger partial charge in [0.05, 0.1) is 0 Å². The number of aliphatic hydroxyl groups is 1. The molecule has 1 N–H and O–H groups in total. The van der Waals surface area contributed by atoms with E-state index in [0.29, 0.717) is 0 Å². The number of hydrogen-bond acceptors (Lipinski definition) is 1. The van der Waals surface area contributed by atoms with Crippen LogP contribution in [0.4, 0.5) is 0 Å². The first-order chi connectivity index (χ1) is 1.91. The average Bonchev–Trinajstić information content (AvgIpc) is 1.37. The number of rotatable bonds is 1. The molecule has 0 aromatic heterocycles. The molecule has 0 atom stereocenters. The maximum atomic E-state index is 7.75. The van der Waals surface area contributed by atoms with Crippen LogP contribution >= 0.6 is 0 Å². The zero-order chi connectivity index (χ0) is 3.41. The summed E-state index contributed by atoms with van der Waals surface area (Å²) in [5.41, 5.74) is 0. The topological polar surface area (TPSA) is 20.2 Å². The summed E-state index contributed by atoms with van der Waals surface area (Å²) in [6.45, 7) is 3.00. The van der Waals surface area contributed by atoms with Crippen LogP contribution in [0.25, 0.3) is 0 Å². The molecule has 28 valence electrons. The average molecular weight is 328 g/mol. The number of hydrogen-bond donors (Lipinski definition) is 1. The second-order valence-electron chi connectivity index (χ2n) is 0.591. The van der Waals surface area contributed by atoms with Gasteiger partial charge in [-0.05, 0) is 0 Å². The summed E-state index contributed by atoms with van der Waals surface area (Å²) in [4.78, 5) is 0. The molecule has 5 heavy (non-hydrogen) atoms. The van der Waals surface area contributed by atoms with Crippen molar-refractivity contribution >= 4 is 0 Å². The fourth-order valence-corrected chi connectivity index (χ4v) is 0. The fraction of sp³-hybridized carbons (Fsp3) is 0.667. The number of aliphatic hydroxyl groups excluding tert-OH is 1. The predicted octanol–water partition coefficient (Wildman–Crippen LogP) is 0.931. The molecule has 0 bridgehead atoms. The van der Waals surface area contributed by atoms with Gasteiger partial charge < -0.3 is 5.11 Å². The Kier molecular flexibility index (Phi) is 22.3. The standard InChI is InChI=1S/C3H7O.Sg/c1-2-3-4;/h3-4H,2H2,1H3;/q-1;. The predicted molar refractivity (Wildman–Crippen MR) is 16.5 cm³/mol. The quantitative estimate of drug-likeness (QED) is 0.710. The Morgan fingerprint density at radius 1 is 1.80 bits per heavy atom. The first-order valence-electron chi connectivity index (χ1n) is 1.37. The summed E-state index contributed by atoms with van der Waals surface area (Å²) in [6.07, 6.45) is 0.750. The molecule has 0 heterocycles. The van der Waals surface area contributed by atoms with Gasteiger partial charge in [0.25, 0.3) is 0 Å². The molecule has 0 saturated carbocycles. The van der Waals surface area contributed by atoms with Gasteiger partial charge in [-0.15, -0.1) is 0 Å². The van der Waals surface area contributed by atoms with Gasteiger partial charge in [-0.2, -0.15) is 6.42 Å². The summed E-state index contributed by atoms with van der Waals surface area (Å²) in [6, 6.07) is 0. The van der Waals surface area contributed by atoms with Crippen LogP contribution in [-0.4, -0.2) is 5.11 Å². The van der Waals surface area contributed by atoms with E-state index in [9.17, 15) is 0 Å². The van der Waals surface area contributed by atoms with E-state index in [4.69, 9.17) is 5.11 Å². The van der Waals surface area contributed by atoms with E-state index in [1.54, 1.807) is 0 Å². The minimum absolute atomic E-state index is 0. The molecule has 1 nitrogen and oxygen atoms in total. The van der Waals surface area contributed by atoms with Crippen molar-refractivity contribution in [2.75, 3.05) is 0 Å². The Morgan fingerprint density at radius 2 is 2.00 bits per heavy atom. The van der Waals surface area contributed by atoms with E-state index in [-0.39, 0.29) is 0 Å². The van der Waals surface area contributed by atoms with Crippen molar-refractivity contribution in [2.45, 2.75) is 13.3 Å². The molecule has 0 aromatic carbocycles. The maximum Gasteiger partial charge on any atom is 0 e. The molecule has 0 aliphatic carbocycles. The van der Waals surface area contributed by atoms with Crippen molar-refractivity contribution in [1.82, 2.24) is 0 Å². The van der Waals surface area contributed by atoms with Crippen molar-refractivity contribution < 1.29 is 5.11 Å². The Labute approximate surface area is 26.3 Å². The second kappa shape index (κ2) is 12.3. The maximum absolute atomic E-state index is 7.75. The molecule has 0 fully saturated rings. The molecular formula is C3H7OSg-. The SMILES string of the molecule is CC[CH-]O.[Sg]. The van der Waals surface area contributed by atoms with Crippen LogP contribution in [0.15, 0.2) is 0 Å². The van der Waals surface area contributed by atoms with Gasteiger partial charge in [0, 0.05) is 0 Å². The molecule has 0 unspecified atom stereocenters. The minimum atomic E-state index is 0. The van der Waals surface area contributed by atoms with Crippen LogP contribution in [0, 0.1) is 6.61 Å². The van der Waals surface area contributed by atoms with Crippen molar-refractivity contribution in [3.05, 3.63) is 6.61 Å². The summed E-state index contributed by atoms with van der Waals surface area (Å²) in [5.74, 6) is 0. The van der Waals surface area contributed by atoms with Crippen molar-refractivity contribution in [1.29, 1.82) is 0 Å². The van der Waals surface area contributed by atoms with Gasteiger partial charge in [0.2, 0.25) is 0 Å². The Bertz CT molecular complexity index is 8.85. The van der Waals surface area contributed by atoms with Crippen molar-refractivity contribution in [3.8, 4) is 0 Å². The minimum Gasteiger partial charge on any atom is -0.566 e. The van der Waals surface area contributed by atoms with E-state index in [1.165, 1.54) is 0 Å². The van der Waals surface area contributed by atoms with E-state index < -0.39 is 0 Å². The molecule has 0 aromatic rings.